The van der Waals surface area contributed by atoms with Gasteiger partial charge in [-0.15, -0.1) is 0 Å². The molecule has 1 saturated heterocycles. The number of pyridine rings is 10. The standard InChI is InChI=1S/C25H25N5O.C22H19N3O.C21H16ClN3O.C21H14F3N3O.C21H17N3O/c31-22-17-23(28-20-7-3-1-4-8-20)30(21-9-5-2-6-10-21)25-24(22)19(11-12-27-25)18-29-15-13-26-14-16-29;1-15-13-16(2)23-22-21(15)19(26)14-20(24-17-9-5-3-6-10-17)25(22)18-11-7-4-8-12-18;1-14-12-17(22)20-18(26)13-19(24-15-8-4-2-5-9-15)25(21(20)23-14)16-10-6-3-7-11-16;22-21(23,24)16-11-12-25-20-19(16)17(28)13-18(26-14-7-3-1-4-8-14)27(20)15-9-5-2-6-10-15;1-15-12-13-22-21-20(15)18(25)14-19(23-16-8-4-2-5-9-16)24(21)17-10-6-3-7-11-17/h1-12,17,26,28H,13-16,18H2;3-14,24H,1-2H3;2-13,24H,1H3;1-13,26H;2-14,23H,1H3. The summed E-state index contributed by atoms with van der Waals surface area (Å²) in [7, 11) is 0. The van der Waals surface area contributed by atoms with Crippen molar-refractivity contribution in [3.8, 4) is 28.4 Å². The zero-order valence-corrected chi connectivity index (χ0v) is 75.1. The van der Waals surface area contributed by atoms with E-state index in [0.717, 1.165) is 119 Å². The average Bonchev–Trinajstić information content (AvgIpc) is 0.769. The number of alkyl halides is 3. The lowest BCUT2D eigenvalue weighted by molar-refractivity contribution is -0.136. The van der Waals surface area contributed by atoms with Gasteiger partial charge in [0.25, 0.3) is 0 Å². The van der Waals surface area contributed by atoms with Crippen LogP contribution in [-0.4, -0.2) is 78.8 Å². The lowest BCUT2D eigenvalue weighted by atomic mass is 10.1. The van der Waals surface area contributed by atoms with E-state index in [-0.39, 0.29) is 27.4 Å². The molecule has 0 unspecified atom stereocenters. The minimum absolute atomic E-state index is 0.0150. The highest BCUT2D eigenvalue weighted by molar-refractivity contribution is 6.35. The van der Waals surface area contributed by atoms with Gasteiger partial charge in [0.05, 0.1) is 37.5 Å². The molecule has 11 heterocycles. The fourth-order valence-corrected chi connectivity index (χ4v) is 16.8. The number of piperazine rings is 1. The van der Waals surface area contributed by atoms with Crippen molar-refractivity contribution in [1.29, 1.82) is 0 Å². The van der Waals surface area contributed by atoms with Crippen molar-refractivity contribution >= 4 is 124 Å². The summed E-state index contributed by atoms with van der Waals surface area (Å²) in [5, 5.41) is 22.3. The third kappa shape index (κ3) is 20.8. The van der Waals surface area contributed by atoms with Crippen molar-refractivity contribution < 1.29 is 13.2 Å². The molecule has 21 rings (SSSR count). The molecule has 0 aliphatic carbocycles. The van der Waals surface area contributed by atoms with Gasteiger partial charge in [0.1, 0.15) is 40.4 Å². The lowest BCUT2D eigenvalue weighted by Crippen LogP contribution is -2.43. The number of rotatable bonds is 17. The van der Waals surface area contributed by atoms with Crippen LogP contribution in [0.2, 0.25) is 5.02 Å². The van der Waals surface area contributed by atoms with Crippen LogP contribution < -0.4 is 59.0 Å². The molecule has 0 bridgehead atoms. The van der Waals surface area contributed by atoms with Gasteiger partial charge in [0.2, 0.25) is 0 Å². The summed E-state index contributed by atoms with van der Waals surface area (Å²) in [5.74, 6) is 3.03. The second-order valence-corrected chi connectivity index (χ2v) is 32.5. The molecule has 1 fully saturated rings. The molecule has 22 nitrogen and oxygen atoms in total. The van der Waals surface area contributed by atoms with Crippen LogP contribution in [0, 0.1) is 27.7 Å². The Balaban J connectivity index is 0.000000118. The van der Waals surface area contributed by atoms with Gasteiger partial charge in [-0.05, 0) is 196 Å². The fourth-order valence-electron chi connectivity index (χ4n) is 16.5. The van der Waals surface area contributed by atoms with Crippen LogP contribution in [0.1, 0.15) is 33.6 Å². The molecule has 1 aliphatic rings. The van der Waals surface area contributed by atoms with E-state index in [0.29, 0.717) is 89.6 Å². The number of aryl methyl sites for hydroxylation is 4. The normalized spacial score (nSPS) is 11.8. The van der Waals surface area contributed by atoms with E-state index in [1.807, 2.05) is 331 Å². The van der Waals surface area contributed by atoms with Gasteiger partial charge < -0.3 is 31.9 Å². The molecular formula is C110H91ClF3N17O5. The number of fused-ring (bicyclic) bond motifs is 5. The molecule has 0 atom stereocenters. The van der Waals surface area contributed by atoms with E-state index in [4.69, 9.17) is 16.6 Å². The molecule has 10 aromatic heterocycles. The van der Waals surface area contributed by atoms with Crippen molar-refractivity contribution in [2.45, 2.75) is 40.4 Å². The van der Waals surface area contributed by atoms with Gasteiger partial charge in [0, 0.05) is 150 Å². The molecule has 136 heavy (non-hydrogen) atoms. The number of benzene rings is 10. The van der Waals surface area contributed by atoms with E-state index in [1.54, 1.807) is 79.0 Å². The zero-order chi connectivity index (χ0) is 94.2. The summed E-state index contributed by atoms with van der Waals surface area (Å²) >= 11 is 6.37. The molecule has 26 heteroatoms. The minimum Gasteiger partial charge on any atom is -0.341 e. The Kier molecular flexibility index (Phi) is 27.8. The van der Waals surface area contributed by atoms with Gasteiger partial charge in [-0.2, -0.15) is 13.2 Å². The predicted molar refractivity (Wildman–Crippen MR) is 542 cm³/mol. The van der Waals surface area contributed by atoms with Gasteiger partial charge >= 0.3 is 6.18 Å². The van der Waals surface area contributed by atoms with Gasteiger partial charge in [-0.3, -0.25) is 51.7 Å². The topological polar surface area (TPSA) is 250 Å². The average molecular weight is 1820 g/mol. The molecule has 0 saturated carbocycles. The van der Waals surface area contributed by atoms with E-state index < -0.39 is 22.6 Å². The summed E-state index contributed by atoms with van der Waals surface area (Å²) < 4.78 is 49.9. The molecule has 674 valence electrons. The Morgan fingerprint density at radius 2 is 0.581 bits per heavy atom. The molecule has 0 radical (unpaired) electrons. The summed E-state index contributed by atoms with van der Waals surface area (Å²) in [5.41, 5.74) is 13.6. The fraction of sp³-hybridized carbons (Fsp3) is 0.0909. The first-order chi connectivity index (χ1) is 66.2. The lowest BCUT2D eigenvalue weighted by Gasteiger charge is -2.27. The molecule has 0 spiro atoms. The number of halogens is 4. The quantitative estimate of drug-likeness (QED) is 0.0496. The number of hydrogen-bond acceptors (Lipinski definition) is 17. The zero-order valence-electron chi connectivity index (χ0n) is 74.4. The van der Waals surface area contributed by atoms with Crippen LogP contribution in [0.5, 0.6) is 0 Å². The third-order valence-electron chi connectivity index (χ3n) is 22.5. The van der Waals surface area contributed by atoms with Crippen LogP contribution >= 0.6 is 11.6 Å². The first-order valence-corrected chi connectivity index (χ1v) is 44.4. The predicted octanol–water partition coefficient (Wildman–Crippen LogP) is 23.0. The van der Waals surface area contributed by atoms with Crippen LogP contribution in [0.15, 0.2) is 407 Å². The maximum Gasteiger partial charge on any atom is 0.417 e. The van der Waals surface area contributed by atoms with Crippen LogP contribution in [0.4, 0.5) is 70.7 Å². The van der Waals surface area contributed by atoms with E-state index in [9.17, 15) is 37.1 Å². The highest BCUT2D eigenvalue weighted by Gasteiger charge is 2.35. The Bertz CT molecular complexity index is 7790. The molecule has 20 aromatic rings. The van der Waals surface area contributed by atoms with E-state index >= 15 is 0 Å². The van der Waals surface area contributed by atoms with Gasteiger partial charge in [0.15, 0.2) is 44.1 Å². The Morgan fingerprint density at radius 3 is 0.934 bits per heavy atom. The van der Waals surface area contributed by atoms with E-state index in [2.05, 4.69) is 56.7 Å². The van der Waals surface area contributed by atoms with Crippen molar-refractivity contribution in [2.24, 2.45) is 0 Å². The third-order valence-corrected chi connectivity index (χ3v) is 22.8. The Hall–Kier alpha value is -17.0. The molecule has 10 aromatic carbocycles. The summed E-state index contributed by atoms with van der Waals surface area (Å²) in [6.45, 7) is 12.4. The summed E-state index contributed by atoms with van der Waals surface area (Å²) in [6, 6.07) is 113. The summed E-state index contributed by atoms with van der Waals surface area (Å²) in [6.07, 6.45) is -0.0482. The maximum atomic E-state index is 13.5. The molecule has 0 amide bonds. The monoisotopic (exact) mass is 1820 g/mol. The van der Waals surface area contributed by atoms with Crippen LogP contribution in [0.3, 0.4) is 0 Å². The molecule has 6 N–H and O–H groups in total. The smallest absolute Gasteiger partial charge is 0.341 e. The maximum absolute atomic E-state index is 13.5. The summed E-state index contributed by atoms with van der Waals surface area (Å²) in [4.78, 5) is 89.2. The Morgan fingerprint density at radius 1 is 0.309 bits per heavy atom. The van der Waals surface area contributed by atoms with E-state index in [1.165, 1.54) is 10.6 Å². The molecular weight excluding hydrogens is 1730 g/mol. The second-order valence-electron chi connectivity index (χ2n) is 32.1. The van der Waals surface area contributed by atoms with Crippen LogP contribution in [-0.2, 0) is 12.7 Å². The highest BCUT2D eigenvalue weighted by atomic mass is 35.5. The number of anilines is 10. The number of hydrogen-bond donors (Lipinski definition) is 6. The minimum atomic E-state index is -4.66. The number of aromatic nitrogens is 10. The van der Waals surface area contributed by atoms with Crippen molar-refractivity contribution in [2.75, 3.05) is 52.8 Å². The van der Waals surface area contributed by atoms with Gasteiger partial charge in [-0.25, -0.2) is 24.9 Å². The van der Waals surface area contributed by atoms with Crippen molar-refractivity contribution in [1.82, 2.24) is 58.0 Å². The Labute approximate surface area is 784 Å². The van der Waals surface area contributed by atoms with Crippen molar-refractivity contribution in [3.63, 3.8) is 0 Å². The first kappa shape index (κ1) is 90.9. The second kappa shape index (κ2) is 41.6. The van der Waals surface area contributed by atoms with Crippen molar-refractivity contribution in [3.05, 3.63) is 472 Å². The molecule has 1 aliphatic heterocycles. The number of para-hydroxylation sites is 10. The SMILES string of the molecule is Cc1cc(C)c2c(=O)cc(Nc3ccccc3)n(-c3ccccc3)c2n1.Cc1cc(Cl)c2c(=O)cc(Nc3ccccc3)n(-c3ccccc3)c2n1.Cc1ccnc2c1c(=O)cc(Nc1ccccc1)n2-c1ccccc1.O=c1cc(Nc2ccccc2)n(-c2ccccc2)c2nccc(C(F)(F)F)c12.O=c1cc(Nc2ccccc2)n(-c2ccccc2)c2nccc(CN3CCNCC3)c12. The largest absolute Gasteiger partial charge is 0.417 e. The number of nitrogens with one attached hydrogen (secondary N) is 6. The first-order valence-electron chi connectivity index (χ1n) is 44.0. The highest BCUT2D eigenvalue weighted by Crippen LogP contribution is 2.37. The van der Waals surface area contributed by atoms with Gasteiger partial charge in [-0.1, -0.05) is 194 Å². The van der Waals surface area contributed by atoms with Crippen LogP contribution in [0.25, 0.3) is 83.6 Å². The number of nitrogens with zero attached hydrogens (tertiary/aromatic N) is 11.